The van der Waals surface area contributed by atoms with Gasteiger partial charge in [-0.3, -0.25) is 0 Å². The summed E-state index contributed by atoms with van der Waals surface area (Å²) in [5, 5.41) is 7.34. The topological polar surface area (TPSA) is 24.1 Å². The molecule has 4 aliphatic carbocycles. The van der Waals surface area contributed by atoms with Crippen molar-refractivity contribution < 1.29 is 0 Å². The van der Waals surface area contributed by atoms with Crippen LogP contribution in [-0.2, 0) is 0 Å². The molecule has 0 amide bonds. The first-order chi connectivity index (χ1) is 10.0. The zero-order valence-electron chi connectivity index (χ0n) is 14.5. The van der Waals surface area contributed by atoms with Crippen LogP contribution in [-0.4, -0.2) is 25.7 Å². The van der Waals surface area contributed by atoms with Crippen LogP contribution < -0.4 is 10.6 Å². The molecule has 0 heterocycles. The largest absolute Gasteiger partial charge is 0.315 e. The lowest BCUT2D eigenvalue weighted by molar-refractivity contribution is -0.0569. The SMILES string of the molecule is CC(C)CNCC(C)NCCC12CC3CC(CC(C3)C1)C2. The second-order valence-electron chi connectivity index (χ2n) is 9.07. The van der Waals surface area contributed by atoms with Crippen LogP contribution >= 0.6 is 0 Å². The van der Waals surface area contributed by atoms with Crippen LogP contribution in [0.4, 0.5) is 0 Å². The third-order valence-corrected chi connectivity index (χ3v) is 6.32. The molecular formula is C19H36N2. The van der Waals surface area contributed by atoms with Crippen LogP contribution in [0.5, 0.6) is 0 Å². The minimum atomic E-state index is 0.609. The van der Waals surface area contributed by atoms with E-state index < -0.39 is 0 Å². The highest BCUT2D eigenvalue weighted by Crippen LogP contribution is 2.61. The Labute approximate surface area is 131 Å². The van der Waals surface area contributed by atoms with Crippen LogP contribution in [0, 0.1) is 29.1 Å². The molecule has 4 saturated carbocycles. The van der Waals surface area contributed by atoms with Gasteiger partial charge < -0.3 is 10.6 Å². The second kappa shape index (κ2) is 6.58. The van der Waals surface area contributed by atoms with Crippen LogP contribution in [0.15, 0.2) is 0 Å². The highest BCUT2D eigenvalue weighted by atomic mass is 15.0. The molecule has 4 fully saturated rings. The van der Waals surface area contributed by atoms with Crippen molar-refractivity contribution >= 4 is 0 Å². The summed E-state index contributed by atoms with van der Waals surface area (Å²) in [5.74, 6) is 4.05. The second-order valence-corrected chi connectivity index (χ2v) is 9.07. The molecule has 0 aromatic rings. The normalized spacial score (nSPS) is 39.1. The molecule has 4 aliphatic rings. The molecule has 2 heteroatoms. The fraction of sp³-hybridized carbons (Fsp3) is 1.00. The van der Waals surface area contributed by atoms with Crippen molar-refractivity contribution in [2.45, 2.75) is 71.8 Å². The van der Waals surface area contributed by atoms with Crippen molar-refractivity contribution in [1.29, 1.82) is 0 Å². The molecule has 4 bridgehead atoms. The zero-order valence-corrected chi connectivity index (χ0v) is 14.5. The maximum Gasteiger partial charge on any atom is 0.0164 e. The van der Waals surface area contributed by atoms with Gasteiger partial charge in [0.1, 0.15) is 0 Å². The first-order valence-electron chi connectivity index (χ1n) is 9.49. The van der Waals surface area contributed by atoms with Gasteiger partial charge in [0, 0.05) is 12.6 Å². The fourth-order valence-corrected chi connectivity index (χ4v) is 5.84. The van der Waals surface area contributed by atoms with Crippen molar-refractivity contribution in [3.63, 3.8) is 0 Å². The van der Waals surface area contributed by atoms with Gasteiger partial charge in [-0.2, -0.15) is 0 Å². The first-order valence-corrected chi connectivity index (χ1v) is 9.49. The third kappa shape index (κ3) is 4.01. The molecule has 0 aromatic heterocycles. The number of hydrogen-bond donors (Lipinski definition) is 2. The molecule has 21 heavy (non-hydrogen) atoms. The van der Waals surface area contributed by atoms with E-state index in [1.54, 1.807) is 38.5 Å². The molecule has 0 spiro atoms. The van der Waals surface area contributed by atoms with Crippen molar-refractivity contribution in [2.75, 3.05) is 19.6 Å². The molecule has 2 N–H and O–H groups in total. The fourth-order valence-electron chi connectivity index (χ4n) is 5.84. The number of nitrogens with one attached hydrogen (secondary N) is 2. The highest BCUT2D eigenvalue weighted by molar-refractivity contribution is 5.01. The summed E-state index contributed by atoms with van der Waals surface area (Å²) in [6.45, 7) is 10.4. The van der Waals surface area contributed by atoms with E-state index in [0.717, 1.165) is 42.2 Å². The Morgan fingerprint density at radius 2 is 1.48 bits per heavy atom. The minimum Gasteiger partial charge on any atom is -0.315 e. The van der Waals surface area contributed by atoms with Crippen LogP contribution in [0.25, 0.3) is 0 Å². The summed E-state index contributed by atoms with van der Waals surface area (Å²) in [4.78, 5) is 0. The average Bonchev–Trinajstić information content (AvgIpc) is 2.36. The Hall–Kier alpha value is -0.0800. The Kier molecular flexibility index (Phi) is 4.95. The lowest BCUT2D eigenvalue weighted by atomic mass is 9.49. The van der Waals surface area contributed by atoms with Crippen molar-refractivity contribution in [3.05, 3.63) is 0 Å². The summed E-state index contributed by atoms with van der Waals surface area (Å²) >= 11 is 0. The molecule has 4 rings (SSSR count). The van der Waals surface area contributed by atoms with Crippen molar-refractivity contribution in [3.8, 4) is 0 Å². The molecule has 0 saturated heterocycles. The standard InChI is InChI=1S/C19H36N2/c1-14(2)12-20-13-15(3)21-5-4-19-9-16-6-17(10-19)8-18(7-16)11-19/h14-18,20-21H,4-13H2,1-3H3. The van der Waals surface area contributed by atoms with Gasteiger partial charge >= 0.3 is 0 Å². The van der Waals surface area contributed by atoms with E-state index in [1.807, 2.05) is 0 Å². The quantitative estimate of drug-likeness (QED) is 0.711. The summed E-state index contributed by atoms with van der Waals surface area (Å²) in [6.07, 6.45) is 10.8. The van der Waals surface area contributed by atoms with Gasteiger partial charge in [-0.1, -0.05) is 13.8 Å². The van der Waals surface area contributed by atoms with E-state index >= 15 is 0 Å². The Bertz CT molecular complexity index is 301. The summed E-state index contributed by atoms with van der Waals surface area (Å²) in [7, 11) is 0. The van der Waals surface area contributed by atoms with Gasteiger partial charge in [-0.05, 0) is 94.0 Å². The maximum absolute atomic E-state index is 3.77. The van der Waals surface area contributed by atoms with E-state index in [-0.39, 0.29) is 0 Å². The minimum absolute atomic E-state index is 0.609. The van der Waals surface area contributed by atoms with Gasteiger partial charge in [0.2, 0.25) is 0 Å². The van der Waals surface area contributed by atoms with E-state index in [2.05, 4.69) is 31.4 Å². The van der Waals surface area contributed by atoms with Crippen molar-refractivity contribution in [1.82, 2.24) is 10.6 Å². The van der Waals surface area contributed by atoms with Gasteiger partial charge in [-0.25, -0.2) is 0 Å². The summed E-state index contributed by atoms with van der Waals surface area (Å²) in [6, 6.07) is 0.609. The molecule has 0 aliphatic heterocycles. The van der Waals surface area contributed by atoms with E-state index in [4.69, 9.17) is 0 Å². The average molecular weight is 293 g/mol. The summed E-state index contributed by atoms with van der Waals surface area (Å²) < 4.78 is 0. The van der Waals surface area contributed by atoms with Gasteiger partial charge in [0.05, 0.1) is 0 Å². The van der Waals surface area contributed by atoms with Gasteiger partial charge in [0.25, 0.3) is 0 Å². The number of rotatable bonds is 8. The van der Waals surface area contributed by atoms with Crippen molar-refractivity contribution in [2.24, 2.45) is 29.1 Å². The van der Waals surface area contributed by atoms with E-state index in [1.165, 1.54) is 13.0 Å². The Balaban J connectivity index is 1.37. The lowest BCUT2D eigenvalue weighted by Gasteiger charge is -2.57. The third-order valence-electron chi connectivity index (χ3n) is 6.32. The van der Waals surface area contributed by atoms with Gasteiger partial charge in [0.15, 0.2) is 0 Å². The molecule has 0 aromatic carbocycles. The zero-order chi connectivity index (χ0) is 14.9. The van der Waals surface area contributed by atoms with Crippen LogP contribution in [0.1, 0.15) is 65.7 Å². The molecular weight excluding hydrogens is 256 g/mol. The first kappa shape index (κ1) is 15.8. The lowest BCUT2D eigenvalue weighted by Crippen LogP contribution is -2.47. The van der Waals surface area contributed by atoms with E-state index in [0.29, 0.717) is 6.04 Å². The molecule has 1 atom stereocenters. The predicted octanol–water partition coefficient (Wildman–Crippen LogP) is 3.82. The Morgan fingerprint density at radius 3 is 2.00 bits per heavy atom. The molecule has 0 radical (unpaired) electrons. The molecule has 1 unspecified atom stereocenters. The maximum atomic E-state index is 3.77. The van der Waals surface area contributed by atoms with E-state index in [9.17, 15) is 0 Å². The smallest absolute Gasteiger partial charge is 0.0164 e. The van der Waals surface area contributed by atoms with Gasteiger partial charge in [-0.15, -0.1) is 0 Å². The molecule has 122 valence electrons. The monoisotopic (exact) mass is 292 g/mol. The molecule has 2 nitrogen and oxygen atoms in total. The Morgan fingerprint density at radius 1 is 0.905 bits per heavy atom. The van der Waals surface area contributed by atoms with Crippen LogP contribution in [0.2, 0.25) is 0 Å². The highest BCUT2D eigenvalue weighted by Gasteiger charge is 2.50. The number of hydrogen-bond acceptors (Lipinski definition) is 2. The van der Waals surface area contributed by atoms with Crippen LogP contribution in [0.3, 0.4) is 0 Å². The summed E-state index contributed by atoms with van der Waals surface area (Å²) in [5.41, 5.74) is 0.743. The predicted molar refractivity (Wildman–Crippen MR) is 90.4 cm³/mol.